The zero-order valence-electron chi connectivity index (χ0n) is 19.9. The monoisotopic (exact) mass is 534 g/mol. The molecule has 0 radical (unpaired) electrons. The van der Waals surface area contributed by atoms with Crippen molar-refractivity contribution in [3.8, 4) is 5.75 Å². The van der Waals surface area contributed by atoms with Crippen LogP contribution in [-0.2, 0) is 18.6 Å². The molecule has 0 amide bonds. The maximum atomic E-state index is 11.8. The van der Waals surface area contributed by atoms with Gasteiger partial charge >= 0.3 is 0 Å². The summed E-state index contributed by atoms with van der Waals surface area (Å²) in [6.45, 7) is 2.08. The third-order valence-electron chi connectivity index (χ3n) is 6.00. The Labute approximate surface area is 215 Å². The number of hydrogen-bond donors (Lipinski definition) is 1. The van der Waals surface area contributed by atoms with Crippen LogP contribution in [0.5, 0.6) is 5.75 Å². The maximum Gasteiger partial charge on any atom is 0.160 e. The lowest BCUT2D eigenvalue weighted by atomic mass is 9.83. The molecular formula is C29H31BrN2O3. The van der Waals surface area contributed by atoms with E-state index >= 15 is 0 Å². The van der Waals surface area contributed by atoms with Gasteiger partial charge in [-0.3, -0.25) is 4.90 Å². The van der Waals surface area contributed by atoms with Crippen LogP contribution in [-0.4, -0.2) is 40.7 Å². The molecule has 3 aromatic carbocycles. The maximum absolute atomic E-state index is 11.8. The minimum Gasteiger partial charge on any atom is -0.494 e. The van der Waals surface area contributed by atoms with Crippen LogP contribution in [0.25, 0.3) is 0 Å². The third kappa shape index (κ3) is 6.40. The Balaban J connectivity index is 1.35. The van der Waals surface area contributed by atoms with Gasteiger partial charge in [-0.15, -0.1) is 0 Å². The number of aliphatic hydroxyl groups is 1. The predicted octanol–water partition coefficient (Wildman–Crippen LogP) is 5.80. The van der Waals surface area contributed by atoms with Gasteiger partial charge in [0.15, 0.2) is 11.4 Å². The van der Waals surface area contributed by atoms with Gasteiger partial charge in [-0.1, -0.05) is 93.9 Å². The van der Waals surface area contributed by atoms with Crippen LogP contribution in [0.15, 0.2) is 95.5 Å². The van der Waals surface area contributed by atoms with Crippen molar-refractivity contribution < 1.29 is 14.4 Å². The number of benzene rings is 3. The fourth-order valence-corrected chi connectivity index (χ4v) is 4.57. The minimum absolute atomic E-state index is 0.477. The van der Waals surface area contributed by atoms with E-state index < -0.39 is 5.60 Å². The number of alkyl halides is 1. The Hall–Kier alpha value is -2.93. The van der Waals surface area contributed by atoms with E-state index in [1.165, 1.54) is 5.56 Å². The molecular weight excluding hydrogens is 504 g/mol. The van der Waals surface area contributed by atoms with Crippen LogP contribution < -0.4 is 4.74 Å². The lowest BCUT2D eigenvalue weighted by Gasteiger charge is -2.27. The summed E-state index contributed by atoms with van der Waals surface area (Å²) in [6, 6.07) is 29.3. The van der Waals surface area contributed by atoms with Gasteiger partial charge in [0, 0.05) is 17.9 Å². The molecule has 1 N–H and O–H groups in total. The largest absolute Gasteiger partial charge is 0.494 e. The van der Waals surface area contributed by atoms with E-state index in [2.05, 4.69) is 38.1 Å². The first kappa shape index (κ1) is 25.2. The second-order valence-electron chi connectivity index (χ2n) is 8.64. The van der Waals surface area contributed by atoms with E-state index in [1.807, 2.05) is 85.9 Å². The molecule has 0 saturated carbocycles. The molecule has 5 nitrogen and oxygen atoms in total. The standard InChI is InChI=1S/C29H31BrN2O3/c1-32(19-8-20-34-26-15-13-23(14-16-26)17-18-30)22-27-21-28(31-35-27)29(33,24-9-4-2-5-10-24)25-11-6-3-7-12-25/h2-7,9-16,21,33H,8,17-20,22H2,1H3. The molecule has 0 aliphatic carbocycles. The quantitative estimate of drug-likeness (QED) is 0.184. The van der Waals surface area contributed by atoms with Gasteiger partial charge in [-0.25, -0.2) is 0 Å². The van der Waals surface area contributed by atoms with Crippen LogP contribution in [0.4, 0.5) is 0 Å². The third-order valence-corrected chi connectivity index (χ3v) is 6.39. The fraction of sp³-hybridized carbons (Fsp3) is 0.276. The first-order valence-electron chi connectivity index (χ1n) is 11.9. The van der Waals surface area contributed by atoms with Crippen molar-refractivity contribution in [1.82, 2.24) is 10.1 Å². The summed E-state index contributed by atoms with van der Waals surface area (Å²) < 4.78 is 11.5. The first-order chi connectivity index (χ1) is 17.1. The molecule has 0 saturated heterocycles. The molecule has 1 aromatic heterocycles. The highest BCUT2D eigenvalue weighted by molar-refractivity contribution is 9.09. The van der Waals surface area contributed by atoms with Gasteiger partial charge in [0.1, 0.15) is 11.4 Å². The summed E-state index contributed by atoms with van der Waals surface area (Å²) >= 11 is 3.47. The summed E-state index contributed by atoms with van der Waals surface area (Å²) in [5.74, 6) is 1.60. The number of aromatic nitrogens is 1. The molecule has 1 heterocycles. The highest BCUT2D eigenvalue weighted by Crippen LogP contribution is 2.36. The summed E-state index contributed by atoms with van der Waals surface area (Å²) in [5.41, 5.74) is 1.88. The molecule has 0 bridgehead atoms. The van der Waals surface area contributed by atoms with Gasteiger partial charge in [-0.05, 0) is 48.7 Å². The minimum atomic E-state index is -1.39. The molecule has 0 atom stereocenters. The molecule has 4 rings (SSSR count). The Morgan fingerprint density at radius 3 is 2.17 bits per heavy atom. The Kier molecular flexibility index (Phi) is 8.74. The smallest absolute Gasteiger partial charge is 0.160 e. The van der Waals surface area contributed by atoms with Gasteiger partial charge in [0.25, 0.3) is 0 Å². The first-order valence-corrected chi connectivity index (χ1v) is 13.0. The Bertz CT molecular complexity index is 1120. The molecule has 4 aromatic rings. The lowest BCUT2D eigenvalue weighted by molar-refractivity contribution is 0.116. The number of ether oxygens (including phenoxy) is 1. The zero-order valence-corrected chi connectivity index (χ0v) is 21.5. The van der Waals surface area contributed by atoms with Crippen molar-refractivity contribution in [3.63, 3.8) is 0 Å². The highest BCUT2D eigenvalue weighted by Gasteiger charge is 2.37. The van der Waals surface area contributed by atoms with Crippen LogP contribution in [0, 0.1) is 0 Å². The topological polar surface area (TPSA) is 58.7 Å². The van der Waals surface area contributed by atoms with E-state index in [1.54, 1.807) is 0 Å². The van der Waals surface area contributed by atoms with Crippen LogP contribution in [0.1, 0.15) is 34.6 Å². The number of nitrogens with zero attached hydrogens (tertiary/aromatic N) is 2. The van der Waals surface area contributed by atoms with Crippen LogP contribution >= 0.6 is 15.9 Å². The van der Waals surface area contributed by atoms with Crippen molar-refractivity contribution in [2.45, 2.75) is 25.0 Å². The van der Waals surface area contributed by atoms with E-state index in [0.29, 0.717) is 24.6 Å². The molecule has 6 heteroatoms. The van der Waals surface area contributed by atoms with Crippen molar-refractivity contribution in [2.75, 3.05) is 25.5 Å². The van der Waals surface area contributed by atoms with Crippen LogP contribution in [0.3, 0.4) is 0 Å². The predicted molar refractivity (Wildman–Crippen MR) is 142 cm³/mol. The normalized spacial score (nSPS) is 11.7. The molecule has 0 fully saturated rings. The van der Waals surface area contributed by atoms with E-state index in [-0.39, 0.29) is 0 Å². The summed E-state index contributed by atoms with van der Waals surface area (Å²) in [7, 11) is 2.04. The number of rotatable bonds is 12. The summed E-state index contributed by atoms with van der Waals surface area (Å²) in [5, 5.41) is 17.1. The molecule has 0 unspecified atom stereocenters. The lowest BCUT2D eigenvalue weighted by Crippen LogP contribution is -2.29. The SMILES string of the molecule is CN(CCCOc1ccc(CCBr)cc1)Cc1cc(C(O)(c2ccccc2)c2ccccc2)no1. The van der Waals surface area contributed by atoms with E-state index in [4.69, 9.17) is 9.26 Å². The average Bonchev–Trinajstić information content (AvgIpc) is 3.37. The van der Waals surface area contributed by atoms with Crippen molar-refractivity contribution in [3.05, 3.63) is 119 Å². The summed E-state index contributed by atoms with van der Waals surface area (Å²) in [6.07, 6.45) is 1.90. The zero-order chi connectivity index (χ0) is 24.5. The Morgan fingerprint density at radius 2 is 1.57 bits per heavy atom. The van der Waals surface area contributed by atoms with Gasteiger partial charge < -0.3 is 14.4 Å². The van der Waals surface area contributed by atoms with Crippen molar-refractivity contribution in [2.24, 2.45) is 0 Å². The van der Waals surface area contributed by atoms with Gasteiger partial charge in [0.05, 0.1) is 13.2 Å². The van der Waals surface area contributed by atoms with Gasteiger partial charge in [-0.2, -0.15) is 0 Å². The number of halogens is 1. The van der Waals surface area contributed by atoms with Crippen LogP contribution in [0.2, 0.25) is 0 Å². The van der Waals surface area contributed by atoms with Crippen molar-refractivity contribution >= 4 is 15.9 Å². The average molecular weight is 535 g/mol. The molecule has 182 valence electrons. The van der Waals surface area contributed by atoms with Crippen molar-refractivity contribution in [1.29, 1.82) is 0 Å². The van der Waals surface area contributed by atoms with E-state index in [9.17, 15) is 5.11 Å². The molecule has 0 spiro atoms. The number of aryl methyl sites for hydroxylation is 1. The van der Waals surface area contributed by atoms with Gasteiger partial charge in [0.2, 0.25) is 0 Å². The second-order valence-corrected chi connectivity index (χ2v) is 9.44. The number of hydrogen-bond acceptors (Lipinski definition) is 5. The molecule has 0 aliphatic heterocycles. The summed E-state index contributed by atoms with van der Waals surface area (Å²) in [4.78, 5) is 2.16. The fourth-order valence-electron chi connectivity index (χ4n) is 4.11. The second kappa shape index (κ2) is 12.2. The molecule has 35 heavy (non-hydrogen) atoms. The highest BCUT2D eigenvalue weighted by atomic mass is 79.9. The Morgan fingerprint density at radius 1 is 0.943 bits per heavy atom. The molecule has 0 aliphatic rings. The van der Waals surface area contributed by atoms with E-state index in [0.717, 1.165) is 41.6 Å².